The molecule has 0 N–H and O–H groups in total. The van der Waals surface area contributed by atoms with E-state index in [0.29, 0.717) is 13.0 Å². The third kappa shape index (κ3) is 4.45. The number of methoxy groups -OCH3 is 1. The summed E-state index contributed by atoms with van der Waals surface area (Å²) in [5, 5.41) is 0. The minimum absolute atomic E-state index is 0.0524. The molecule has 1 amide bonds. The van der Waals surface area contributed by atoms with Crippen LogP contribution in [0.3, 0.4) is 0 Å². The summed E-state index contributed by atoms with van der Waals surface area (Å²) in [6.45, 7) is 0.525. The number of β-lactam (4-membered cyclic amide) rings is 1. The first-order valence-electron chi connectivity index (χ1n) is 10.3. The third-order valence-corrected chi connectivity index (χ3v) is 5.69. The molecule has 1 heterocycles. The lowest BCUT2D eigenvalue weighted by Gasteiger charge is -2.50. The van der Waals surface area contributed by atoms with Crippen molar-refractivity contribution in [2.75, 3.05) is 7.11 Å². The molecule has 0 saturated carbocycles. The van der Waals surface area contributed by atoms with Crippen LogP contribution < -0.4 is 4.74 Å². The van der Waals surface area contributed by atoms with Gasteiger partial charge in [-0.3, -0.25) is 4.79 Å². The van der Waals surface area contributed by atoms with E-state index >= 15 is 0 Å². The van der Waals surface area contributed by atoms with Crippen LogP contribution in [0.25, 0.3) is 0 Å². The van der Waals surface area contributed by atoms with Crippen LogP contribution in [0.2, 0.25) is 0 Å². The Bertz CT molecular complexity index is 1030. The van der Waals surface area contributed by atoms with Crippen LogP contribution >= 0.6 is 0 Å². The van der Waals surface area contributed by atoms with Crippen molar-refractivity contribution in [1.82, 2.24) is 4.90 Å². The molecule has 158 valence electrons. The average Bonchev–Trinajstić information content (AvgIpc) is 2.82. The van der Waals surface area contributed by atoms with Gasteiger partial charge in [-0.15, -0.1) is 0 Å². The molecule has 1 aliphatic rings. The van der Waals surface area contributed by atoms with E-state index in [-0.39, 0.29) is 24.9 Å². The van der Waals surface area contributed by atoms with E-state index in [1.54, 1.807) is 12.0 Å². The fraction of sp³-hybridized carbons (Fsp3) is 0.231. The number of amides is 1. The largest absolute Gasteiger partial charge is 0.497 e. The van der Waals surface area contributed by atoms with Crippen molar-refractivity contribution in [1.29, 1.82) is 0 Å². The Morgan fingerprint density at radius 2 is 1.48 bits per heavy atom. The Labute approximate surface area is 182 Å². The van der Waals surface area contributed by atoms with Crippen LogP contribution in [0, 0.1) is 0 Å². The number of hydrogen-bond donors (Lipinski definition) is 0. The Balaban J connectivity index is 1.57. The second kappa shape index (κ2) is 9.04. The van der Waals surface area contributed by atoms with Gasteiger partial charge < -0.3 is 14.4 Å². The van der Waals surface area contributed by atoms with Crippen molar-refractivity contribution < 1.29 is 19.1 Å². The zero-order valence-electron chi connectivity index (χ0n) is 17.5. The normalized spacial score (nSPS) is 17.7. The highest BCUT2D eigenvalue weighted by atomic mass is 16.5. The Morgan fingerprint density at radius 3 is 2.06 bits per heavy atom. The molecule has 1 saturated heterocycles. The molecule has 4 rings (SSSR count). The maximum Gasteiger partial charge on any atom is 0.333 e. The molecular formula is C26H25NO4. The second-order valence-corrected chi connectivity index (χ2v) is 7.76. The number of hydrogen-bond acceptors (Lipinski definition) is 4. The lowest BCUT2D eigenvalue weighted by molar-refractivity contribution is -0.182. The van der Waals surface area contributed by atoms with Gasteiger partial charge in [-0.05, 0) is 28.8 Å². The summed E-state index contributed by atoms with van der Waals surface area (Å²) in [5.41, 5.74) is 1.83. The van der Waals surface area contributed by atoms with E-state index in [1.165, 1.54) is 0 Å². The van der Waals surface area contributed by atoms with Gasteiger partial charge in [0, 0.05) is 13.0 Å². The topological polar surface area (TPSA) is 55.8 Å². The molecule has 1 unspecified atom stereocenters. The lowest BCUT2D eigenvalue weighted by Crippen LogP contribution is -2.68. The van der Waals surface area contributed by atoms with E-state index in [9.17, 15) is 9.59 Å². The molecule has 1 aliphatic heterocycles. The average molecular weight is 415 g/mol. The van der Waals surface area contributed by atoms with Gasteiger partial charge in [0.15, 0.2) is 5.54 Å². The van der Waals surface area contributed by atoms with E-state index < -0.39 is 5.54 Å². The SMILES string of the molecule is COc1ccc(CN2C(=O)CC2(Cc2ccccc2)C(=O)OCc2ccccc2)cc1. The fourth-order valence-corrected chi connectivity index (χ4v) is 3.94. The third-order valence-electron chi connectivity index (χ3n) is 5.69. The molecule has 0 aliphatic carbocycles. The second-order valence-electron chi connectivity index (χ2n) is 7.76. The van der Waals surface area contributed by atoms with Crippen molar-refractivity contribution in [3.8, 4) is 5.75 Å². The van der Waals surface area contributed by atoms with Crippen LogP contribution in [-0.2, 0) is 33.9 Å². The van der Waals surface area contributed by atoms with Gasteiger partial charge in [0.05, 0.1) is 13.5 Å². The van der Waals surface area contributed by atoms with E-state index in [1.807, 2.05) is 84.9 Å². The Hall–Kier alpha value is -3.60. The molecule has 3 aromatic carbocycles. The highest BCUT2D eigenvalue weighted by Gasteiger charge is 2.57. The van der Waals surface area contributed by atoms with Gasteiger partial charge in [0.2, 0.25) is 5.91 Å². The zero-order chi connectivity index (χ0) is 21.7. The number of nitrogens with zero attached hydrogens (tertiary/aromatic N) is 1. The number of benzene rings is 3. The first-order chi connectivity index (χ1) is 15.1. The van der Waals surface area contributed by atoms with Crippen LogP contribution in [0.5, 0.6) is 5.75 Å². The van der Waals surface area contributed by atoms with E-state index in [4.69, 9.17) is 9.47 Å². The monoisotopic (exact) mass is 415 g/mol. The summed E-state index contributed by atoms with van der Waals surface area (Å²) >= 11 is 0. The standard InChI is InChI=1S/C26H25NO4/c1-30-23-14-12-21(13-15-23)18-27-24(28)17-26(27,16-20-8-4-2-5-9-20)25(29)31-19-22-10-6-3-7-11-22/h2-15H,16-19H2,1H3. The Morgan fingerprint density at radius 1 is 0.871 bits per heavy atom. The van der Waals surface area contributed by atoms with Gasteiger partial charge in [0.25, 0.3) is 0 Å². The highest BCUT2D eigenvalue weighted by Crippen LogP contribution is 2.38. The predicted molar refractivity (Wildman–Crippen MR) is 117 cm³/mol. The summed E-state index contributed by atoms with van der Waals surface area (Å²) in [6.07, 6.45) is 0.565. The van der Waals surface area contributed by atoms with Crippen LogP contribution in [0.4, 0.5) is 0 Å². The molecule has 1 atom stereocenters. The fourth-order valence-electron chi connectivity index (χ4n) is 3.94. The van der Waals surface area contributed by atoms with Crippen LogP contribution in [0.1, 0.15) is 23.1 Å². The first kappa shape index (κ1) is 20.7. The molecule has 0 bridgehead atoms. The molecule has 0 aromatic heterocycles. The lowest BCUT2D eigenvalue weighted by atomic mass is 9.78. The van der Waals surface area contributed by atoms with Crippen molar-refractivity contribution in [2.24, 2.45) is 0 Å². The minimum Gasteiger partial charge on any atom is -0.497 e. The smallest absolute Gasteiger partial charge is 0.333 e. The van der Waals surface area contributed by atoms with Crippen molar-refractivity contribution in [2.45, 2.75) is 31.5 Å². The molecule has 5 nitrogen and oxygen atoms in total. The Kier molecular flexibility index (Phi) is 6.03. The quantitative estimate of drug-likeness (QED) is 0.410. The van der Waals surface area contributed by atoms with Gasteiger partial charge in [-0.25, -0.2) is 4.79 Å². The summed E-state index contributed by atoms with van der Waals surface area (Å²) < 4.78 is 10.9. The number of carbonyl (C=O) groups is 2. The van der Waals surface area contributed by atoms with Gasteiger partial charge in [0.1, 0.15) is 12.4 Å². The summed E-state index contributed by atoms with van der Waals surface area (Å²) in [4.78, 5) is 27.6. The molecule has 1 fully saturated rings. The highest BCUT2D eigenvalue weighted by molar-refractivity contribution is 5.99. The predicted octanol–water partition coefficient (Wildman–Crippen LogP) is 4.15. The molecule has 5 heteroatoms. The van der Waals surface area contributed by atoms with Gasteiger partial charge in [-0.2, -0.15) is 0 Å². The molecule has 0 radical (unpaired) electrons. The van der Waals surface area contributed by atoms with Gasteiger partial charge in [-0.1, -0.05) is 72.8 Å². The summed E-state index contributed by atoms with van der Waals surface area (Å²) in [7, 11) is 1.61. The number of rotatable bonds is 8. The van der Waals surface area contributed by atoms with Crippen molar-refractivity contribution >= 4 is 11.9 Å². The minimum atomic E-state index is -1.01. The van der Waals surface area contributed by atoms with Crippen molar-refractivity contribution in [3.63, 3.8) is 0 Å². The van der Waals surface area contributed by atoms with Gasteiger partial charge >= 0.3 is 5.97 Å². The number of carbonyl (C=O) groups excluding carboxylic acids is 2. The van der Waals surface area contributed by atoms with Crippen LogP contribution in [0.15, 0.2) is 84.9 Å². The molecule has 31 heavy (non-hydrogen) atoms. The van der Waals surface area contributed by atoms with Crippen molar-refractivity contribution in [3.05, 3.63) is 102 Å². The maximum atomic E-state index is 13.3. The first-order valence-corrected chi connectivity index (χ1v) is 10.3. The molecule has 0 spiro atoms. The maximum absolute atomic E-state index is 13.3. The van der Waals surface area contributed by atoms with E-state index in [0.717, 1.165) is 22.4 Å². The summed E-state index contributed by atoms with van der Waals surface area (Å²) in [6, 6.07) is 26.8. The zero-order valence-corrected chi connectivity index (χ0v) is 17.5. The number of esters is 1. The van der Waals surface area contributed by atoms with Crippen LogP contribution in [-0.4, -0.2) is 29.4 Å². The molecular weight excluding hydrogens is 390 g/mol. The number of likely N-dealkylation sites (tertiary alicyclic amines) is 1. The number of ether oxygens (including phenoxy) is 2. The van der Waals surface area contributed by atoms with E-state index in [2.05, 4.69) is 0 Å². The molecule has 3 aromatic rings. The summed E-state index contributed by atoms with van der Waals surface area (Å²) in [5.74, 6) is 0.327.